The monoisotopic (exact) mass is 366 g/mol. The first-order valence-corrected chi connectivity index (χ1v) is 9.32. The van der Waals surface area contributed by atoms with Crippen molar-refractivity contribution in [1.29, 1.82) is 0 Å². The summed E-state index contributed by atoms with van der Waals surface area (Å²) in [7, 11) is 0. The average molecular weight is 366 g/mol. The Labute approximate surface area is 160 Å². The van der Waals surface area contributed by atoms with Crippen LogP contribution in [0.5, 0.6) is 5.75 Å². The van der Waals surface area contributed by atoms with Gasteiger partial charge in [-0.25, -0.2) is 0 Å². The number of hydrogen-bond acceptors (Lipinski definition) is 3. The SMILES string of the molecule is Cc1cccc(OCC(=O)Nc2ccc3c(c2)CN(C(=O)C(C)C)CC3)c1. The second-order valence-corrected chi connectivity index (χ2v) is 7.30. The van der Waals surface area contributed by atoms with E-state index >= 15 is 0 Å². The summed E-state index contributed by atoms with van der Waals surface area (Å²) in [6.07, 6.45) is 0.846. The summed E-state index contributed by atoms with van der Waals surface area (Å²) in [4.78, 5) is 26.3. The van der Waals surface area contributed by atoms with Gasteiger partial charge in [0.2, 0.25) is 5.91 Å². The van der Waals surface area contributed by atoms with E-state index in [0.29, 0.717) is 12.3 Å². The summed E-state index contributed by atoms with van der Waals surface area (Å²) in [5, 5.41) is 2.88. The molecule has 3 rings (SSSR count). The van der Waals surface area contributed by atoms with Crippen LogP contribution < -0.4 is 10.1 Å². The van der Waals surface area contributed by atoms with Gasteiger partial charge < -0.3 is 15.0 Å². The second-order valence-electron chi connectivity index (χ2n) is 7.30. The Hall–Kier alpha value is -2.82. The van der Waals surface area contributed by atoms with Gasteiger partial charge in [-0.05, 0) is 54.3 Å². The molecule has 2 aromatic rings. The Balaban J connectivity index is 1.60. The number of nitrogens with one attached hydrogen (secondary N) is 1. The van der Waals surface area contributed by atoms with Crippen molar-refractivity contribution in [2.75, 3.05) is 18.5 Å². The maximum atomic E-state index is 12.3. The van der Waals surface area contributed by atoms with Gasteiger partial charge in [0.1, 0.15) is 5.75 Å². The molecule has 0 fully saturated rings. The molecule has 0 aliphatic carbocycles. The summed E-state index contributed by atoms with van der Waals surface area (Å²) in [6.45, 7) is 7.12. The van der Waals surface area contributed by atoms with Gasteiger partial charge in [0.25, 0.3) is 5.91 Å². The van der Waals surface area contributed by atoms with Gasteiger partial charge in [-0.15, -0.1) is 0 Å². The maximum Gasteiger partial charge on any atom is 0.262 e. The quantitative estimate of drug-likeness (QED) is 0.880. The topological polar surface area (TPSA) is 58.6 Å². The molecule has 142 valence electrons. The molecule has 5 nitrogen and oxygen atoms in total. The molecule has 5 heteroatoms. The number of hydrogen-bond donors (Lipinski definition) is 1. The fourth-order valence-electron chi connectivity index (χ4n) is 3.24. The van der Waals surface area contributed by atoms with Crippen LogP contribution in [-0.2, 0) is 22.6 Å². The third kappa shape index (κ3) is 4.88. The van der Waals surface area contributed by atoms with Crippen LogP contribution in [0.3, 0.4) is 0 Å². The minimum atomic E-state index is -0.206. The lowest BCUT2D eigenvalue weighted by Crippen LogP contribution is -2.38. The second kappa shape index (κ2) is 8.25. The molecule has 2 aromatic carbocycles. The van der Waals surface area contributed by atoms with Crippen molar-refractivity contribution in [1.82, 2.24) is 4.90 Å². The number of amides is 2. The number of carbonyl (C=O) groups is 2. The zero-order valence-corrected chi connectivity index (χ0v) is 16.1. The van der Waals surface area contributed by atoms with Crippen LogP contribution in [0.15, 0.2) is 42.5 Å². The third-order valence-corrected chi connectivity index (χ3v) is 4.67. The molecule has 0 saturated carbocycles. The average Bonchev–Trinajstić information content (AvgIpc) is 2.65. The molecule has 0 radical (unpaired) electrons. The fraction of sp³-hybridized carbons (Fsp3) is 0.364. The molecular weight excluding hydrogens is 340 g/mol. The van der Waals surface area contributed by atoms with Crippen molar-refractivity contribution in [2.24, 2.45) is 5.92 Å². The van der Waals surface area contributed by atoms with Gasteiger partial charge in [-0.2, -0.15) is 0 Å². The zero-order valence-electron chi connectivity index (χ0n) is 16.1. The molecular formula is C22H26N2O3. The lowest BCUT2D eigenvalue weighted by atomic mass is 9.98. The lowest BCUT2D eigenvalue weighted by Gasteiger charge is -2.30. The summed E-state index contributed by atoms with van der Waals surface area (Å²) in [6, 6.07) is 13.5. The number of fused-ring (bicyclic) bond motifs is 1. The van der Waals surface area contributed by atoms with Crippen LogP contribution in [0.2, 0.25) is 0 Å². The van der Waals surface area contributed by atoms with E-state index in [9.17, 15) is 9.59 Å². The van der Waals surface area contributed by atoms with Gasteiger partial charge in [0.15, 0.2) is 6.61 Å². The number of ether oxygens (including phenoxy) is 1. The van der Waals surface area contributed by atoms with Crippen LogP contribution in [0, 0.1) is 12.8 Å². The Morgan fingerprint density at radius 1 is 1.15 bits per heavy atom. The highest BCUT2D eigenvalue weighted by Crippen LogP contribution is 2.24. The molecule has 0 unspecified atom stereocenters. The Morgan fingerprint density at radius 2 is 1.96 bits per heavy atom. The van der Waals surface area contributed by atoms with Crippen molar-refractivity contribution < 1.29 is 14.3 Å². The van der Waals surface area contributed by atoms with E-state index in [-0.39, 0.29) is 24.3 Å². The molecule has 1 heterocycles. The molecule has 1 aliphatic heterocycles. The summed E-state index contributed by atoms with van der Waals surface area (Å²) >= 11 is 0. The summed E-state index contributed by atoms with van der Waals surface area (Å²) in [5.74, 6) is 0.635. The van der Waals surface area contributed by atoms with Crippen LogP contribution in [-0.4, -0.2) is 29.9 Å². The van der Waals surface area contributed by atoms with Crippen LogP contribution in [0.4, 0.5) is 5.69 Å². The predicted octanol–water partition coefficient (Wildman–Crippen LogP) is 3.55. The third-order valence-electron chi connectivity index (χ3n) is 4.67. The van der Waals surface area contributed by atoms with Crippen LogP contribution in [0.1, 0.15) is 30.5 Å². The molecule has 0 bridgehead atoms. The molecule has 1 N–H and O–H groups in total. The van der Waals surface area contributed by atoms with E-state index in [1.54, 1.807) is 0 Å². The first-order chi connectivity index (χ1) is 12.9. The predicted molar refractivity (Wildman–Crippen MR) is 106 cm³/mol. The Bertz CT molecular complexity index is 845. The first-order valence-electron chi connectivity index (χ1n) is 9.32. The van der Waals surface area contributed by atoms with Gasteiger partial charge in [-0.3, -0.25) is 9.59 Å². The molecule has 0 aromatic heterocycles. The molecule has 0 spiro atoms. The van der Waals surface area contributed by atoms with Crippen molar-refractivity contribution in [3.63, 3.8) is 0 Å². The van der Waals surface area contributed by atoms with E-state index in [1.807, 2.05) is 68.1 Å². The van der Waals surface area contributed by atoms with E-state index < -0.39 is 0 Å². The highest BCUT2D eigenvalue weighted by atomic mass is 16.5. The first kappa shape index (κ1) is 19.0. The van der Waals surface area contributed by atoms with E-state index in [4.69, 9.17) is 4.74 Å². The number of rotatable bonds is 5. The van der Waals surface area contributed by atoms with E-state index in [2.05, 4.69) is 5.32 Å². The normalized spacial score (nSPS) is 13.3. The minimum absolute atomic E-state index is 0.00629. The number of benzene rings is 2. The Morgan fingerprint density at radius 3 is 2.70 bits per heavy atom. The molecule has 1 aliphatic rings. The van der Waals surface area contributed by atoms with Crippen molar-refractivity contribution in [3.05, 3.63) is 59.2 Å². The molecule has 27 heavy (non-hydrogen) atoms. The lowest BCUT2D eigenvalue weighted by molar-refractivity contribution is -0.135. The van der Waals surface area contributed by atoms with Gasteiger partial charge in [0.05, 0.1) is 0 Å². The largest absolute Gasteiger partial charge is 0.484 e. The number of carbonyl (C=O) groups excluding carboxylic acids is 2. The van der Waals surface area contributed by atoms with E-state index in [1.165, 1.54) is 5.56 Å². The Kier molecular flexibility index (Phi) is 5.79. The number of aryl methyl sites for hydroxylation is 1. The highest BCUT2D eigenvalue weighted by Gasteiger charge is 2.22. The summed E-state index contributed by atoms with van der Waals surface area (Å²) in [5.41, 5.74) is 4.14. The van der Waals surface area contributed by atoms with Crippen LogP contribution in [0.25, 0.3) is 0 Å². The minimum Gasteiger partial charge on any atom is -0.484 e. The van der Waals surface area contributed by atoms with Gasteiger partial charge in [0, 0.05) is 24.7 Å². The van der Waals surface area contributed by atoms with Crippen LogP contribution >= 0.6 is 0 Å². The molecule has 0 saturated heterocycles. The highest BCUT2D eigenvalue weighted by molar-refractivity contribution is 5.92. The summed E-state index contributed by atoms with van der Waals surface area (Å²) < 4.78 is 5.54. The van der Waals surface area contributed by atoms with E-state index in [0.717, 1.165) is 29.8 Å². The number of nitrogens with zero attached hydrogens (tertiary/aromatic N) is 1. The zero-order chi connectivity index (χ0) is 19.4. The van der Waals surface area contributed by atoms with Crippen molar-refractivity contribution in [3.8, 4) is 5.75 Å². The van der Waals surface area contributed by atoms with Crippen molar-refractivity contribution in [2.45, 2.75) is 33.7 Å². The molecule has 2 amide bonds. The molecule has 0 atom stereocenters. The maximum absolute atomic E-state index is 12.3. The smallest absolute Gasteiger partial charge is 0.262 e. The standard InChI is InChI=1S/C22H26N2O3/c1-15(2)22(26)24-10-9-17-7-8-19(12-18(17)13-24)23-21(25)14-27-20-6-4-5-16(3)11-20/h4-8,11-12,15H,9-10,13-14H2,1-3H3,(H,23,25). The van der Waals surface area contributed by atoms with Crippen molar-refractivity contribution >= 4 is 17.5 Å². The van der Waals surface area contributed by atoms with Gasteiger partial charge in [-0.1, -0.05) is 32.0 Å². The van der Waals surface area contributed by atoms with Gasteiger partial charge >= 0.3 is 0 Å². The fourth-order valence-corrected chi connectivity index (χ4v) is 3.24. The number of anilines is 1.